The minimum Gasteiger partial charge on any atom is -0.381 e. The van der Waals surface area contributed by atoms with Crippen LogP contribution in [0.15, 0.2) is 0 Å². The van der Waals surface area contributed by atoms with Gasteiger partial charge in [0.15, 0.2) is 5.82 Å². The molecule has 1 fully saturated rings. The maximum atomic E-state index is 5.35. The summed E-state index contributed by atoms with van der Waals surface area (Å²) in [7, 11) is 0. The molecule has 3 rings (SSSR count). The van der Waals surface area contributed by atoms with Crippen molar-refractivity contribution < 1.29 is 4.74 Å². The zero-order chi connectivity index (χ0) is 10.3. The van der Waals surface area contributed by atoms with Gasteiger partial charge >= 0.3 is 0 Å². The zero-order valence-electron chi connectivity index (χ0n) is 8.94. The molecule has 2 atom stereocenters. The largest absolute Gasteiger partial charge is 0.381 e. The summed E-state index contributed by atoms with van der Waals surface area (Å²) < 4.78 is 7.33. The maximum Gasteiger partial charge on any atom is 0.221 e. The quantitative estimate of drug-likeness (QED) is 0.747. The summed E-state index contributed by atoms with van der Waals surface area (Å²) in [6.45, 7) is 4.78. The second-order valence-corrected chi connectivity index (χ2v) is 4.41. The van der Waals surface area contributed by atoms with Gasteiger partial charge in [-0.1, -0.05) is 0 Å². The average molecular weight is 208 g/mol. The van der Waals surface area contributed by atoms with E-state index >= 15 is 0 Å². The van der Waals surface area contributed by atoms with Crippen molar-refractivity contribution in [3.8, 4) is 0 Å². The third-order valence-corrected chi connectivity index (χ3v) is 3.13. The lowest BCUT2D eigenvalue weighted by Crippen LogP contribution is -2.26. The van der Waals surface area contributed by atoms with Gasteiger partial charge in [0.25, 0.3) is 0 Å². The maximum absolute atomic E-state index is 5.35. The van der Waals surface area contributed by atoms with Gasteiger partial charge in [0.1, 0.15) is 0 Å². The van der Waals surface area contributed by atoms with Crippen LogP contribution < -0.4 is 5.32 Å². The van der Waals surface area contributed by atoms with Crippen LogP contribution in [-0.2, 0) is 11.3 Å². The van der Waals surface area contributed by atoms with E-state index in [4.69, 9.17) is 4.74 Å². The van der Waals surface area contributed by atoms with Crippen LogP contribution in [-0.4, -0.2) is 34.0 Å². The summed E-state index contributed by atoms with van der Waals surface area (Å²) in [6.07, 6.45) is 2.18. The number of aryl methyl sites for hydroxylation is 1. The number of hydrogen-bond donors (Lipinski definition) is 1. The molecule has 82 valence electrons. The van der Waals surface area contributed by atoms with E-state index in [1.165, 1.54) is 0 Å². The van der Waals surface area contributed by atoms with Gasteiger partial charge in [0, 0.05) is 25.1 Å². The molecular weight excluding hydrogens is 192 g/mol. The highest BCUT2D eigenvalue weighted by Gasteiger charge is 2.25. The lowest BCUT2D eigenvalue weighted by Gasteiger charge is -2.20. The first-order valence-electron chi connectivity index (χ1n) is 5.62. The number of hydrogen-bond acceptors (Lipinski definition) is 4. The lowest BCUT2D eigenvalue weighted by atomic mass is 10.1. The van der Waals surface area contributed by atoms with Crippen molar-refractivity contribution in [2.45, 2.75) is 38.3 Å². The van der Waals surface area contributed by atoms with E-state index in [0.717, 1.165) is 44.4 Å². The first-order chi connectivity index (χ1) is 7.33. The van der Waals surface area contributed by atoms with Crippen LogP contribution in [0.1, 0.15) is 31.5 Å². The van der Waals surface area contributed by atoms with E-state index in [9.17, 15) is 0 Å². The highest BCUT2D eigenvalue weighted by molar-refractivity contribution is 5.29. The van der Waals surface area contributed by atoms with Crippen molar-refractivity contribution >= 4 is 5.95 Å². The molecule has 0 aromatic carbocycles. The Hall–Kier alpha value is -1.10. The first-order valence-corrected chi connectivity index (χ1v) is 5.62. The van der Waals surface area contributed by atoms with Crippen LogP contribution >= 0.6 is 0 Å². The smallest absolute Gasteiger partial charge is 0.221 e. The van der Waals surface area contributed by atoms with E-state index in [1.54, 1.807) is 0 Å². The number of fused-ring (bicyclic) bond motifs is 1. The average Bonchev–Trinajstić information content (AvgIpc) is 2.84. The fraction of sp³-hybridized carbons (Fsp3) is 0.800. The molecule has 0 radical (unpaired) electrons. The lowest BCUT2D eigenvalue weighted by molar-refractivity contribution is 0.193. The highest BCUT2D eigenvalue weighted by atomic mass is 16.5. The van der Waals surface area contributed by atoms with Crippen LogP contribution in [0.2, 0.25) is 0 Å². The van der Waals surface area contributed by atoms with Crippen molar-refractivity contribution in [2.75, 3.05) is 18.5 Å². The van der Waals surface area contributed by atoms with Crippen molar-refractivity contribution in [2.24, 2.45) is 0 Å². The van der Waals surface area contributed by atoms with E-state index in [0.29, 0.717) is 12.0 Å². The van der Waals surface area contributed by atoms with Gasteiger partial charge in [-0.25, -0.2) is 4.68 Å². The fourth-order valence-electron chi connectivity index (χ4n) is 2.14. The molecular formula is C10H16N4O. The Balaban J connectivity index is 1.85. The van der Waals surface area contributed by atoms with Crippen molar-refractivity contribution in [1.29, 1.82) is 0 Å². The molecule has 5 heteroatoms. The van der Waals surface area contributed by atoms with E-state index in [2.05, 4.69) is 22.3 Å². The number of nitrogens with zero attached hydrogens (tertiary/aromatic N) is 3. The molecule has 1 saturated heterocycles. The van der Waals surface area contributed by atoms with Crippen LogP contribution in [0.3, 0.4) is 0 Å². The monoisotopic (exact) mass is 208 g/mol. The third-order valence-electron chi connectivity index (χ3n) is 3.13. The van der Waals surface area contributed by atoms with Gasteiger partial charge in [0.2, 0.25) is 5.95 Å². The van der Waals surface area contributed by atoms with Crippen LogP contribution in [0, 0.1) is 0 Å². The Morgan fingerprint density at radius 1 is 1.47 bits per heavy atom. The molecule has 2 unspecified atom stereocenters. The second-order valence-electron chi connectivity index (χ2n) is 4.41. The van der Waals surface area contributed by atoms with E-state index in [-0.39, 0.29) is 0 Å². The molecule has 0 aliphatic carbocycles. The molecule has 3 heterocycles. The van der Waals surface area contributed by atoms with Crippen LogP contribution in [0.5, 0.6) is 0 Å². The second kappa shape index (κ2) is 3.48. The summed E-state index contributed by atoms with van der Waals surface area (Å²) in [5.74, 6) is 2.28. The molecule has 5 nitrogen and oxygen atoms in total. The Bertz CT molecular complexity index is 356. The topological polar surface area (TPSA) is 52.0 Å². The van der Waals surface area contributed by atoms with Crippen molar-refractivity contribution in [1.82, 2.24) is 14.8 Å². The summed E-state index contributed by atoms with van der Waals surface area (Å²) in [4.78, 5) is 4.54. The predicted octanol–water partition coefficient (Wildman–Crippen LogP) is 0.986. The van der Waals surface area contributed by atoms with E-state index < -0.39 is 0 Å². The van der Waals surface area contributed by atoms with Gasteiger partial charge in [-0.05, 0) is 19.8 Å². The summed E-state index contributed by atoms with van der Waals surface area (Å²) in [5.41, 5.74) is 0. The predicted molar refractivity (Wildman–Crippen MR) is 55.9 cm³/mol. The third kappa shape index (κ3) is 1.61. The molecule has 1 aromatic heterocycles. The number of anilines is 1. The molecule has 1 aromatic rings. The molecule has 2 aliphatic rings. The normalized spacial score (nSPS) is 29.9. The molecule has 0 bridgehead atoms. The SMILES string of the molecule is CC1CCn2nc(C3CCOC3)nc2N1. The highest BCUT2D eigenvalue weighted by Crippen LogP contribution is 2.25. The fourth-order valence-corrected chi connectivity index (χ4v) is 2.14. The van der Waals surface area contributed by atoms with Gasteiger partial charge in [-0.3, -0.25) is 0 Å². The van der Waals surface area contributed by atoms with Gasteiger partial charge in [0.05, 0.1) is 6.61 Å². The molecule has 2 aliphatic heterocycles. The van der Waals surface area contributed by atoms with Gasteiger partial charge in [-0.15, -0.1) is 0 Å². The number of rotatable bonds is 1. The molecule has 15 heavy (non-hydrogen) atoms. The van der Waals surface area contributed by atoms with Crippen LogP contribution in [0.4, 0.5) is 5.95 Å². The zero-order valence-corrected chi connectivity index (χ0v) is 8.94. The van der Waals surface area contributed by atoms with Crippen LogP contribution in [0.25, 0.3) is 0 Å². The van der Waals surface area contributed by atoms with Gasteiger partial charge < -0.3 is 10.1 Å². The minimum atomic E-state index is 0.403. The number of ether oxygens (including phenoxy) is 1. The summed E-state index contributed by atoms with van der Waals surface area (Å²) in [5, 5.41) is 7.88. The Labute approximate surface area is 88.8 Å². The molecule has 0 amide bonds. The Morgan fingerprint density at radius 2 is 2.40 bits per heavy atom. The minimum absolute atomic E-state index is 0.403. The Kier molecular flexibility index (Phi) is 2.12. The standard InChI is InChI=1S/C10H16N4O/c1-7-2-4-14-10(11-7)12-9(13-14)8-3-5-15-6-8/h7-8H,2-6H2,1H3,(H,11,12,13). The van der Waals surface area contributed by atoms with Crippen molar-refractivity contribution in [3.63, 3.8) is 0 Å². The molecule has 1 N–H and O–H groups in total. The number of nitrogens with one attached hydrogen (secondary N) is 1. The summed E-state index contributed by atoms with van der Waals surface area (Å²) >= 11 is 0. The molecule has 0 spiro atoms. The first kappa shape index (κ1) is 9.15. The van der Waals surface area contributed by atoms with Gasteiger partial charge in [-0.2, -0.15) is 10.1 Å². The van der Waals surface area contributed by atoms with Crippen molar-refractivity contribution in [3.05, 3.63) is 5.82 Å². The molecule has 0 saturated carbocycles. The summed E-state index contributed by atoms with van der Waals surface area (Å²) in [6, 6.07) is 0.509. The van der Waals surface area contributed by atoms with E-state index in [1.807, 2.05) is 4.68 Å². The number of aromatic nitrogens is 3. The Morgan fingerprint density at radius 3 is 3.20 bits per heavy atom.